The number of piperazine rings is 1. The molecule has 0 saturated carbocycles. The molecule has 6 heteroatoms. The van der Waals surface area contributed by atoms with E-state index in [0.717, 1.165) is 48.4 Å². The zero-order chi connectivity index (χ0) is 19.0. The molecule has 4 rings (SSSR count). The van der Waals surface area contributed by atoms with E-state index in [1.54, 1.807) is 0 Å². The zero-order valence-corrected chi connectivity index (χ0v) is 17.2. The van der Waals surface area contributed by atoms with Gasteiger partial charge in [-0.05, 0) is 59.1 Å². The topological polar surface area (TPSA) is 40.9 Å². The smallest absolute Gasteiger partial charge is 0.272 e. The Hall–Kier alpha value is -2.34. The lowest BCUT2D eigenvalue weighted by Crippen LogP contribution is -2.49. The van der Waals surface area contributed by atoms with Gasteiger partial charge >= 0.3 is 0 Å². The van der Waals surface area contributed by atoms with Crippen molar-refractivity contribution in [3.8, 4) is 0 Å². The van der Waals surface area contributed by atoms with Crippen LogP contribution in [0.2, 0.25) is 0 Å². The number of imidazole rings is 1. The van der Waals surface area contributed by atoms with Gasteiger partial charge in [0.15, 0.2) is 0 Å². The Morgan fingerprint density at radius 1 is 1.15 bits per heavy atom. The molecule has 0 atom stereocenters. The number of aromatic nitrogens is 2. The SMILES string of the molecule is CCc1nc2ccc(Br)cn2c1C(=O)N1CCN(c2cccc(C)c2)CC1. The molecule has 140 valence electrons. The molecule has 1 saturated heterocycles. The van der Waals surface area contributed by atoms with Crippen LogP contribution in [0.25, 0.3) is 5.65 Å². The zero-order valence-electron chi connectivity index (χ0n) is 15.7. The highest BCUT2D eigenvalue weighted by Crippen LogP contribution is 2.22. The molecule has 27 heavy (non-hydrogen) atoms. The lowest BCUT2D eigenvalue weighted by molar-refractivity contribution is 0.0738. The molecule has 3 aromatic rings. The molecule has 3 heterocycles. The molecule has 1 fully saturated rings. The molecule has 1 aliphatic heterocycles. The highest BCUT2D eigenvalue weighted by atomic mass is 79.9. The number of halogens is 1. The van der Waals surface area contributed by atoms with Crippen molar-refractivity contribution in [2.45, 2.75) is 20.3 Å². The average Bonchev–Trinajstić information content (AvgIpc) is 3.05. The fraction of sp³-hybridized carbons (Fsp3) is 0.333. The van der Waals surface area contributed by atoms with Crippen molar-refractivity contribution >= 4 is 33.2 Å². The first-order valence-electron chi connectivity index (χ1n) is 9.34. The average molecular weight is 427 g/mol. The quantitative estimate of drug-likeness (QED) is 0.636. The first kappa shape index (κ1) is 18.0. The van der Waals surface area contributed by atoms with Crippen LogP contribution in [0.1, 0.15) is 28.7 Å². The highest BCUT2D eigenvalue weighted by Gasteiger charge is 2.27. The molecule has 0 N–H and O–H groups in total. The number of carbonyl (C=O) groups is 1. The van der Waals surface area contributed by atoms with Crippen LogP contribution in [0.4, 0.5) is 5.69 Å². The van der Waals surface area contributed by atoms with Crippen LogP contribution in [0, 0.1) is 6.92 Å². The summed E-state index contributed by atoms with van der Waals surface area (Å²) in [5.74, 6) is 0.0707. The van der Waals surface area contributed by atoms with Crippen molar-refractivity contribution in [2.75, 3.05) is 31.1 Å². The Kier molecular flexibility index (Phi) is 4.91. The summed E-state index contributed by atoms with van der Waals surface area (Å²) in [5.41, 5.74) is 4.86. The summed E-state index contributed by atoms with van der Waals surface area (Å²) < 4.78 is 2.85. The molecule has 0 aliphatic carbocycles. The Morgan fingerprint density at radius 3 is 2.63 bits per heavy atom. The minimum atomic E-state index is 0.0707. The predicted octanol–water partition coefficient (Wildman–Crippen LogP) is 3.93. The number of carbonyl (C=O) groups excluding carboxylic acids is 1. The number of aryl methyl sites for hydroxylation is 2. The second kappa shape index (κ2) is 7.35. The van der Waals surface area contributed by atoms with Gasteiger partial charge in [-0.2, -0.15) is 0 Å². The van der Waals surface area contributed by atoms with Gasteiger partial charge in [-0.25, -0.2) is 4.98 Å². The number of rotatable bonds is 3. The van der Waals surface area contributed by atoms with Gasteiger partial charge < -0.3 is 9.80 Å². The third-order valence-electron chi connectivity index (χ3n) is 5.13. The number of anilines is 1. The van der Waals surface area contributed by atoms with Gasteiger partial charge in [-0.15, -0.1) is 0 Å². The Morgan fingerprint density at radius 2 is 1.93 bits per heavy atom. The van der Waals surface area contributed by atoms with Gasteiger partial charge in [-0.3, -0.25) is 9.20 Å². The highest BCUT2D eigenvalue weighted by molar-refractivity contribution is 9.10. The summed E-state index contributed by atoms with van der Waals surface area (Å²) in [4.78, 5) is 22.2. The van der Waals surface area contributed by atoms with E-state index in [4.69, 9.17) is 0 Å². The lowest BCUT2D eigenvalue weighted by atomic mass is 10.1. The van der Waals surface area contributed by atoms with E-state index in [0.29, 0.717) is 5.69 Å². The van der Waals surface area contributed by atoms with Crippen LogP contribution in [0.3, 0.4) is 0 Å². The maximum absolute atomic E-state index is 13.3. The molecule has 2 aromatic heterocycles. The number of pyridine rings is 1. The number of fused-ring (bicyclic) bond motifs is 1. The maximum atomic E-state index is 13.3. The second-order valence-electron chi connectivity index (χ2n) is 6.95. The van der Waals surface area contributed by atoms with Crippen molar-refractivity contribution < 1.29 is 4.79 Å². The van der Waals surface area contributed by atoms with Gasteiger partial charge in [0.2, 0.25) is 0 Å². The summed E-state index contributed by atoms with van der Waals surface area (Å²) in [6, 6.07) is 12.4. The van der Waals surface area contributed by atoms with E-state index >= 15 is 0 Å². The molecular weight excluding hydrogens is 404 g/mol. The molecular formula is C21H23BrN4O. The standard InChI is InChI=1S/C21H23BrN4O/c1-3-18-20(26-14-16(22)7-8-19(26)23-18)21(27)25-11-9-24(10-12-25)17-6-4-5-15(2)13-17/h4-8,13-14H,3,9-12H2,1-2H3. The third kappa shape index (κ3) is 3.46. The van der Waals surface area contributed by atoms with Crippen LogP contribution in [0.15, 0.2) is 47.1 Å². The van der Waals surface area contributed by atoms with Crippen molar-refractivity contribution in [3.63, 3.8) is 0 Å². The number of hydrogen-bond acceptors (Lipinski definition) is 3. The van der Waals surface area contributed by atoms with E-state index < -0.39 is 0 Å². The van der Waals surface area contributed by atoms with E-state index in [1.807, 2.05) is 34.6 Å². The largest absolute Gasteiger partial charge is 0.368 e. The minimum absolute atomic E-state index is 0.0707. The molecule has 1 amide bonds. The summed E-state index contributed by atoms with van der Waals surface area (Å²) in [6.45, 7) is 7.28. The Bertz CT molecular complexity index is 989. The molecule has 0 unspecified atom stereocenters. The molecule has 0 radical (unpaired) electrons. The number of hydrogen-bond donors (Lipinski definition) is 0. The van der Waals surface area contributed by atoms with Crippen LogP contribution in [-0.4, -0.2) is 46.4 Å². The van der Waals surface area contributed by atoms with Crippen LogP contribution < -0.4 is 4.90 Å². The summed E-state index contributed by atoms with van der Waals surface area (Å²) >= 11 is 3.50. The van der Waals surface area contributed by atoms with Crippen LogP contribution in [0.5, 0.6) is 0 Å². The van der Waals surface area contributed by atoms with Crippen molar-refractivity contribution in [2.24, 2.45) is 0 Å². The molecule has 5 nitrogen and oxygen atoms in total. The van der Waals surface area contributed by atoms with Gasteiger partial charge in [0.1, 0.15) is 11.3 Å². The molecule has 0 bridgehead atoms. The van der Waals surface area contributed by atoms with Gasteiger partial charge in [-0.1, -0.05) is 19.1 Å². The minimum Gasteiger partial charge on any atom is -0.368 e. The van der Waals surface area contributed by atoms with Gasteiger partial charge in [0.25, 0.3) is 5.91 Å². The third-order valence-corrected chi connectivity index (χ3v) is 5.59. The van der Waals surface area contributed by atoms with Crippen molar-refractivity contribution in [1.82, 2.24) is 14.3 Å². The van der Waals surface area contributed by atoms with E-state index in [1.165, 1.54) is 11.3 Å². The van der Waals surface area contributed by atoms with Crippen molar-refractivity contribution in [1.29, 1.82) is 0 Å². The monoisotopic (exact) mass is 426 g/mol. The van der Waals surface area contributed by atoms with Gasteiger partial charge in [0, 0.05) is 42.5 Å². The van der Waals surface area contributed by atoms with Crippen LogP contribution >= 0.6 is 15.9 Å². The summed E-state index contributed by atoms with van der Waals surface area (Å²) in [7, 11) is 0. The normalized spacial score (nSPS) is 14.8. The second-order valence-corrected chi connectivity index (χ2v) is 7.87. The number of benzene rings is 1. The molecule has 1 aliphatic rings. The molecule has 1 aromatic carbocycles. The number of nitrogens with zero attached hydrogens (tertiary/aromatic N) is 4. The summed E-state index contributed by atoms with van der Waals surface area (Å²) in [5, 5.41) is 0. The Balaban J connectivity index is 1.56. The lowest BCUT2D eigenvalue weighted by Gasteiger charge is -2.36. The van der Waals surface area contributed by atoms with E-state index in [-0.39, 0.29) is 5.91 Å². The predicted molar refractivity (Wildman–Crippen MR) is 112 cm³/mol. The van der Waals surface area contributed by atoms with E-state index in [2.05, 4.69) is 57.0 Å². The fourth-order valence-corrected chi connectivity index (χ4v) is 4.02. The maximum Gasteiger partial charge on any atom is 0.272 e. The fourth-order valence-electron chi connectivity index (χ4n) is 3.68. The van der Waals surface area contributed by atoms with E-state index in [9.17, 15) is 4.79 Å². The first-order valence-corrected chi connectivity index (χ1v) is 10.1. The molecule has 0 spiro atoms. The number of amides is 1. The van der Waals surface area contributed by atoms with Crippen LogP contribution in [-0.2, 0) is 6.42 Å². The summed E-state index contributed by atoms with van der Waals surface area (Å²) in [6.07, 6.45) is 2.67. The van der Waals surface area contributed by atoms with Crippen molar-refractivity contribution in [3.05, 3.63) is 64.0 Å². The Labute approximate surface area is 167 Å². The van der Waals surface area contributed by atoms with Gasteiger partial charge in [0.05, 0.1) is 5.69 Å². The first-order chi connectivity index (χ1) is 13.1.